The summed E-state index contributed by atoms with van der Waals surface area (Å²) in [6.07, 6.45) is 2.91. The molecule has 0 saturated heterocycles. The van der Waals surface area contributed by atoms with Crippen molar-refractivity contribution >= 4 is 17.9 Å². The molecule has 0 heterocycles. The van der Waals surface area contributed by atoms with Crippen LogP contribution >= 0.6 is 0 Å². The highest BCUT2D eigenvalue weighted by atomic mass is 16.5. The fraction of sp³-hybridized carbons (Fsp3) is 0.120. The minimum atomic E-state index is -0.476. The molecule has 0 aliphatic rings. The Morgan fingerprint density at radius 3 is 2.25 bits per heavy atom. The average Bonchev–Trinajstić information content (AvgIpc) is 2.85. The normalized spacial score (nSPS) is 10.4. The minimum absolute atomic E-state index is 0.390. The highest BCUT2D eigenvalue weighted by Crippen LogP contribution is 2.27. The maximum Gasteiger partial charge on any atom is 0.269 e. The van der Waals surface area contributed by atoms with Gasteiger partial charge >= 0.3 is 0 Å². The van der Waals surface area contributed by atoms with Gasteiger partial charge in [0.25, 0.3) is 11.8 Å². The molecule has 3 aromatic rings. The highest BCUT2D eigenvalue weighted by Gasteiger charge is 2.07. The maximum absolute atomic E-state index is 12.2. The number of amides is 2. The number of hydrogen-bond acceptors (Lipinski definition) is 5. The van der Waals surface area contributed by atoms with Gasteiger partial charge in [-0.05, 0) is 53.6 Å². The van der Waals surface area contributed by atoms with Gasteiger partial charge in [-0.15, -0.1) is 0 Å². The predicted molar refractivity (Wildman–Crippen MR) is 121 cm³/mol. The summed E-state index contributed by atoms with van der Waals surface area (Å²) in [5.41, 5.74) is 6.92. The summed E-state index contributed by atoms with van der Waals surface area (Å²) in [4.78, 5) is 24.3. The van der Waals surface area contributed by atoms with Crippen molar-refractivity contribution in [2.24, 2.45) is 0 Å². The van der Waals surface area contributed by atoms with Crippen LogP contribution in [0.3, 0.4) is 0 Å². The van der Waals surface area contributed by atoms with Crippen molar-refractivity contribution < 1.29 is 23.8 Å². The van der Waals surface area contributed by atoms with Crippen molar-refractivity contribution in [1.82, 2.24) is 10.9 Å². The Morgan fingerprint density at radius 2 is 1.56 bits per heavy atom. The van der Waals surface area contributed by atoms with Crippen molar-refractivity contribution in [3.8, 4) is 17.2 Å². The molecule has 164 valence electrons. The molecule has 0 unspecified atom stereocenters. The zero-order chi connectivity index (χ0) is 22.8. The largest absolute Gasteiger partial charge is 0.493 e. The summed E-state index contributed by atoms with van der Waals surface area (Å²) in [6.45, 7) is 0.439. The third-order valence-electron chi connectivity index (χ3n) is 4.50. The van der Waals surface area contributed by atoms with Gasteiger partial charge in [0, 0.05) is 11.6 Å². The Hall–Kier alpha value is -4.26. The topological polar surface area (TPSA) is 85.9 Å². The van der Waals surface area contributed by atoms with E-state index in [-0.39, 0.29) is 0 Å². The predicted octanol–water partition coefficient (Wildman–Crippen LogP) is 3.76. The number of hydrogen-bond donors (Lipinski definition) is 2. The number of nitrogens with one attached hydrogen (secondary N) is 2. The van der Waals surface area contributed by atoms with Crippen LogP contribution in [0.5, 0.6) is 17.2 Å². The molecule has 0 aromatic heterocycles. The third kappa shape index (κ3) is 6.37. The van der Waals surface area contributed by atoms with Gasteiger partial charge in [0.15, 0.2) is 11.5 Å². The van der Waals surface area contributed by atoms with Crippen LogP contribution in [0.1, 0.15) is 21.5 Å². The molecule has 3 rings (SSSR count). The summed E-state index contributed by atoms with van der Waals surface area (Å²) >= 11 is 0. The first-order valence-corrected chi connectivity index (χ1v) is 9.86. The van der Waals surface area contributed by atoms with E-state index in [9.17, 15) is 9.59 Å². The lowest BCUT2D eigenvalue weighted by Gasteiger charge is -2.08. The first-order valence-electron chi connectivity index (χ1n) is 9.86. The summed E-state index contributed by atoms with van der Waals surface area (Å²) < 4.78 is 16.1. The third-order valence-corrected chi connectivity index (χ3v) is 4.50. The molecular formula is C25H24N2O5. The smallest absolute Gasteiger partial charge is 0.269 e. The summed E-state index contributed by atoms with van der Waals surface area (Å²) in [5, 5.41) is 0. The fourth-order valence-electron chi connectivity index (χ4n) is 2.80. The molecule has 3 aromatic carbocycles. The SMILES string of the molecule is COc1ccc(C=CC(=O)NNC(=O)c2ccc(OCc3ccccc3)cc2)cc1OC. The standard InChI is InChI=1S/C25H24N2O5/c1-30-22-14-8-18(16-23(22)31-2)9-15-24(28)26-27-25(29)20-10-12-21(13-11-20)32-17-19-6-4-3-5-7-19/h3-16H,17H2,1-2H3,(H,26,28)(H,27,29). The molecular weight excluding hydrogens is 408 g/mol. The van der Waals surface area contributed by atoms with Gasteiger partial charge in [-0.2, -0.15) is 0 Å². The quantitative estimate of drug-likeness (QED) is 0.418. The molecule has 0 bridgehead atoms. The van der Waals surface area contributed by atoms with E-state index in [4.69, 9.17) is 14.2 Å². The van der Waals surface area contributed by atoms with Gasteiger partial charge in [-0.1, -0.05) is 36.4 Å². The van der Waals surface area contributed by atoms with E-state index < -0.39 is 11.8 Å². The lowest BCUT2D eigenvalue weighted by Crippen LogP contribution is -2.40. The summed E-state index contributed by atoms with van der Waals surface area (Å²) in [7, 11) is 3.09. The van der Waals surface area contributed by atoms with Crippen LogP contribution < -0.4 is 25.1 Å². The van der Waals surface area contributed by atoms with Crippen LogP contribution in [0.15, 0.2) is 78.9 Å². The number of methoxy groups -OCH3 is 2. The van der Waals surface area contributed by atoms with Crippen molar-refractivity contribution in [3.63, 3.8) is 0 Å². The van der Waals surface area contributed by atoms with Gasteiger partial charge in [0.05, 0.1) is 14.2 Å². The Morgan fingerprint density at radius 1 is 0.844 bits per heavy atom. The Bertz CT molecular complexity index is 1080. The van der Waals surface area contributed by atoms with E-state index in [1.165, 1.54) is 13.2 Å². The number of carbonyl (C=O) groups excluding carboxylic acids is 2. The van der Waals surface area contributed by atoms with E-state index in [1.807, 2.05) is 30.3 Å². The summed E-state index contributed by atoms with van der Waals surface area (Å²) in [6, 6.07) is 21.7. The second kappa shape index (κ2) is 11.2. The second-order valence-corrected chi connectivity index (χ2v) is 6.69. The van der Waals surface area contributed by atoms with Crippen LogP contribution in [0.4, 0.5) is 0 Å². The fourth-order valence-corrected chi connectivity index (χ4v) is 2.80. The first kappa shape index (κ1) is 22.4. The Balaban J connectivity index is 1.48. The molecule has 32 heavy (non-hydrogen) atoms. The molecule has 2 amide bonds. The van der Waals surface area contributed by atoms with E-state index in [2.05, 4.69) is 10.9 Å². The van der Waals surface area contributed by atoms with Crippen molar-refractivity contribution in [2.75, 3.05) is 14.2 Å². The van der Waals surface area contributed by atoms with Crippen molar-refractivity contribution in [3.05, 3.63) is 95.6 Å². The number of carbonyl (C=O) groups is 2. The molecule has 0 spiro atoms. The molecule has 0 fully saturated rings. The molecule has 7 heteroatoms. The lowest BCUT2D eigenvalue weighted by atomic mass is 10.2. The molecule has 0 atom stereocenters. The molecule has 0 aliphatic carbocycles. The second-order valence-electron chi connectivity index (χ2n) is 6.69. The minimum Gasteiger partial charge on any atom is -0.493 e. The lowest BCUT2D eigenvalue weighted by molar-refractivity contribution is -0.117. The van der Waals surface area contributed by atoms with Gasteiger partial charge in [0.2, 0.25) is 0 Å². The number of rotatable bonds is 8. The number of hydrazine groups is 1. The van der Waals surface area contributed by atoms with Gasteiger partial charge in [0.1, 0.15) is 12.4 Å². The van der Waals surface area contributed by atoms with Crippen LogP contribution in [-0.2, 0) is 11.4 Å². The Kier molecular flexibility index (Phi) is 7.86. The number of ether oxygens (including phenoxy) is 3. The monoisotopic (exact) mass is 432 g/mol. The number of benzene rings is 3. The molecule has 7 nitrogen and oxygen atoms in total. The molecule has 0 radical (unpaired) electrons. The van der Waals surface area contributed by atoms with Crippen molar-refractivity contribution in [2.45, 2.75) is 6.61 Å². The molecule has 0 aliphatic heterocycles. The van der Waals surface area contributed by atoms with Crippen LogP contribution in [0, 0.1) is 0 Å². The van der Waals surface area contributed by atoms with Crippen LogP contribution in [-0.4, -0.2) is 26.0 Å². The average molecular weight is 432 g/mol. The Labute approximate surface area is 186 Å². The maximum atomic E-state index is 12.2. The first-order chi connectivity index (χ1) is 15.6. The van der Waals surface area contributed by atoms with Crippen LogP contribution in [0.2, 0.25) is 0 Å². The van der Waals surface area contributed by atoms with Crippen molar-refractivity contribution in [1.29, 1.82) is 0 Å². The van der Waals surface area contributed by atoms with Crippen LogP contribution in [0.25, 0.3) is 6.08 Å². The van der Waals surface area contributed by atoms with E-state index in [0.717, 1.165) is 11.1 Å². The zero-order valence-corrected chi connectivity index (χ0v) is 17.8. The summed E-state index contributed by atoms with van der Waals surface area (Å²) in [5.74, 6) is 0.883. The van der Waals surface area contributed by atoms with Gasteiger partial charge in [-0.3, -0.25) is 20.4 Å². The van der Waals surface area contributed by atoms with Gasteiger partial charge < -0.3 is 14.2 Å². The van der Waals surface area contributed by atoms with E-state index in [0.29, 0.717) is 29.4 Å². The zero-order valence-electron chi connectivity index (χ0n) is 17.8. The van der Waals surface area contributed by atoms with Gasteiger partial charge in [-0.25, -0.2) is 0 Å². The molecule has 0 saturated carbocycles. The molecule has 2 N–H and O–H groups in total. The highest BCUT2D eigenvalue weighted by molar-refractivity contribution is 5.98. The van der Waals surface area contributed by atoms with E-state index >= 15 is 0 Å². The van der Waals surface area contributed by atoms with E-state index in [1.54, 1.807) is 55.7 Å².